The Morgan fingerprint density at radius 1 is 1.47 bits per heavy atom. The smallest absolute Gasteiger partial charge is 0.306 e. The van der Waals surface area contributed by atoms with Crippen LogP contribution >= 0.6 is 0 Å². The second kappa shape index (κ2) is 5.57. The Labute approximate surface area is 112 Å². The van der Waals surface area contributed by atoms with Gasteiger partial charge in [-0.05, 0) is 44.7 Å². The van der Waals surface area contributed by atoms with Crippen molar-refractivity contribution in [1.82, 2.24) is 4.98 Å². The van der Waals surface area contributed by atoms with E-state index in [1.165, 1.54) is 0 Å². The van der Waals surface area contributed by atoms with Gasteiger partial charge < -0.3 is 14.9 Å². The Morgan fingerprint density at radius 3 is 2.68 bits per heavy atom. The van der Waals surface area contributed by atoms with Gasteiger partial charge >= 0.3 is 5.97 Å². The molecule has 19 heavy (non-hydrogen) atoms. The van der Waals surface area contributed by atoms with Gasteiger partial charge in [-0.3, -0.25) is 9.78 Å². The van der Waals surface area contributed by atoms with Gasteiger partial charge in [-0.2, -0.15) is 0 Å². The number of carboxylic acids is 1. The van der Waals surface area contributed by atoms with Gasteiger partial charge in [-0.25, -0.2) is 0 Å². The fourth-order valence-corrected chi connectivity index (χ4v) is 2.30. The minimum atomic E-state index is -0.920. The molecule has 2 rings (SSSR count). The molecule has 0 atom stereocenters. The molecule has 1 aliphatic rings. The monoisotopic (exact) mass is 265 g/mol. The summed E-state index contributed by atoms with van der Waals surface area (Å²) in [5.41, 5.74) is -0.00959. The van der Waals surface area contributed by atoms with E-state index < -0.39 is 11.6 Å². The summed E-state index contributed by atoms with van der Waals surface area (Å²) in [4.78, 5) is 15.0. The van der Waals surface area contributed by atoms with Crippen LogP contribution in [0, 0.1) is 12.8 Å². The molecule has 0 saturated heterocycles. The molecule has 1 saturated carbocycles. The highest BCUT2D eigenvalue weighted by molar-refractivity contribution is 5.70. The molecule has 104 valence electrons. The van der Waals surface area contributed by atoms with Crippen LogP contribution in [-0.4, -0.2) is 33.4 Å². The number of aliphatic hydroxyl groups is 1. The lowest BCUT2D eigenvalue weighted by molar-refractivity contribution is -0.145. The second-order valence-corrected chi connectivity index (χ2v) is 5.26. The number of carbonyl (C=O) groups is 1. The topological polar surface area (TPSA) is 79.7 Å². The van der Waals surface area contributed by atoms with Crippen molar-refractivity contribution in [1.29, 1.82) is 0 Å². The molecule has 5 nitrogen and oxygen atoms in total. The van der Waals surface area contributed by atoms with Crippen LogP contribution in [0.5, 0.6) is 5.75 Å². The van der Waals surface area contributed by atoms with Crippen molar-refractivity contribution in [2.75, 3.05) is 6.61 Å². The number of aryl methyl sites for hydroxylation is 1. The maximum atomic E-state index is 10.9. The molecule has 0 spiro atoms. The molecular formula is C14H19NO4. The largest absolute Gasteiger partial charge is 0.489 e. The van der Waals surface area contributed by atoms with Crippen molar-refractivity contribution >= 4 is 5.97 Å². The summed E-state index contributed by atoms with van der Waals surface area (Å²) in [6.07, 6.45) is 3.55. The zero-order chi connectivity index (χ0) is 13.9. The molecule has 0 radical (unpaired) electrons. The first kappa shape index (κ1) is 13.8. The lowest BCUT2D eigenvalue weighted by atomic mass is 9.79. The third kappa shape index (κ3) is 3.67. The number of rotatable bonds is 4. The summed E-state index contributed by atoms with van der Waals surface area (Å²) in [7, 11) is 0. The number of aromatic nitrogens is 1. The molecule has 2 N–H and O–H groups in total. The molecule has 0 amide bonds. The van der Waals surface area contributed by atoms with E-state index in [0.29, 0.717) is 31.4 Å². The van der Waals surface area contributed by atoms with E-state index in [1.54, 1.807) is 6.20 Å². The number of nitrogens with zero attached hydrogens (tertiary/aromatic N) is 1. The lowest BCUT2D eigenvalue weighted by Crippen LogP contribution is -2.41. The summed E-state index contributed by atoms with van der Waals surface area (Å²) in [6.45, 7) is 2.08. The Bertz CT molecular complexity index is 435. The molecule has 1 aromatic rings. The first-order valence-electron chi connectivity index (χ1n) is 6.49. The van der Waals surface area contributed by atoms with Crippen LogP contribution in [-0.2, 0) is 4.79 Å². The highest BCUT2D eigenvalue weighted by Crippen LogP contribution is 2.32. The lowest BCUT2D eigenvalue weighted by Gasteiger charge is -2.34. The van der Waals surface area contributed by atoms with Crippen LogP contribution < -0.4 is 4.74 Å². The molecule has 0 aliphatic heterocycles. The fourth-order valence-electron chi connectivity index (χ4n) is 2.30. The molecule has 1 aliphatic carbocycles. The maximum absolute atomic E-state index is 10.9. The van der Waals surface area contributed by atoms with E-state index in [1.807, 2.05) is 19.1 Å². The Balaban J connectivity index is 1.86. The van der Waals surface area contributed by atoms with E-state index >= 15 is 0 Å². The van der Waals surface area contributed by atoms with Crippen LogP contribution in [0.25, 0.3) is 0 Å². The minimum Gasteiger partial charge on any atom is -0.489 e. The third-order valence-corrected chi connectivity index (χ3v) is 3.66. The van der Waals surface area contributed by atoms with E-state index in [-0.39, 0.29) is 12.5 Å². The Kier molecular flexibility index (Phi) is 4.04. The summed E-state index contributed by atoms with van der Waals surface area (Å²) in [6, 6.07) is 3.66. The van der Waals surface area contributed by atoms with Gasteiger partial charge in [0.2, 0.25) is 0 Å². The van der Waals surface area contributed by atoms with Gasteiger partial charge in [-0.15, -0.1) is 0 Å². The molecule has 1 heterocycles. The zero-order valence-corrected chi connectivity index (χ0v) is 11.0. The maximum Gasteiger partial charge on any atom is 0.306 e. The van der Waals surface area contributed by atoms with Crippen molar-refractivity contribution < 1.29 is 19.7 Å². The Morgan fingerprint density at radius 2 is 2.16 bits per heavy atom. The van der Waals surface area contributed by atoms with E-state index in [9.17, 15) is 9.90 Å². The molecule has 5 heteroatoms. The number of hydrogen-bond donors (Lipinski definition) is 2. The highest BCUT2D eigenvalue weighted by atomic mass is 16.5. The molecule has 1 fully saturated rings. The fraction of sp³-hybridized carbons (Fsp3) is 0.571. The molecular weight excluding hydrogens is 246 g/mol. The van der Waals surface area contributed by atoms with Crippen LogP contribution in [0.3, 0.4) is 0 Å². The average Bonchev–Trinajstić information content (AvgIpc) is 2.39. The number of carboxylic acid groups (broad SMARTS) is 1. The number of aliphatic carboxylic acids is 1. The summed E-state index contributed by atoms with van der Waals surface area (Å²) in [5.74, 6) is -0.480. The van der Waals surface area contributed by atoms with Gasteiger partial charge in [0.1, 0.15) is 12.4 Å². The van der Waals surface area contributed by atoms with E-state index in [2.05, 4.69) is 4.98 Å². The standard InChI is InChI=1S/C14H19NO4/c1-10-2-3-12(8-15-10)19-9-14(18)6-4-11(5-7-14)13(16)17/h2-3,8,11,18H,4-7,9H2,1H3,(H,16,17). The van der Waals surface area contributed by atoms with Gasteiger partial charge in [0.25, 0.3) is 0 Å². The summed E-state index contributed by atoms with van der Waals surface area (Å²) in [5, 5.41) is 19.3. The quantitative estimate of drug-likeness (QED) is 0.867. The summed E-state index contributed by atoms with van der Waals surface area (Å²) >= 11 is 0. The number of ether oxygens (including phenoxy) is 1. The number of hydrogen-bond acceptors (Lipinski definition) is 4. The van der Waals surface area contributed by atoms with Crippen LogP contribution in [0.2, 0.25) is 0 Å². The Hall–Kier alpha value is -1.62. The predicted molar refractivity (Wildman–Crippen MR) is 69.0 cm³/mol. The van der Waals surface area contributed by atoms with Gasteiger partial charge in [0, 0.05) is 5.69 Å². The van der Waals surface area contributed by atoms with Crippen LogP contribution in [0.1, 0.15) is 31.4 Å². The predicted octanol–water partition coefficient (Wildman–Crippen LogP) is 1.77. The number of pyridine rings is 1. The van der Waals surface area contributed by atoms with E-state index in [4.69, 9.17) is 9.84 Å². The van der Waals surface area contributed by atoms with Crippen molar-refractivity contribution in [2.24, 2.45) is 5.92 Å². The van der Waals surface area contributed by atoms with Crippen molar-refractivity contribution in [3.8, 4) is 5.75 Å². The van der Waals surface area contributed by atoms with Crippen molar-refractivity contribution in [2.45, 2.75) is 38.2 Å². The third-order valence-electron chi connectivity index (χ3n) is 3.66. The minimum absolute atomic E-state index is 0.185. The molecule has 0 aromatic carbocycles. The first-order chi connectivity index (χ1) is 8.98. The van der Waals surface area contributed by atoms with Gasteiger partial charge in [0.15, 0.2) is 0 Å². The summed E-state index contributed by atoms with van der Waals surface area (Å²) < 4.78 is 5.54. The zero-order valence-electron chi connectivity index (χ0n) is 11.0. The van der Waals surface area contributed by atoms with Gasteiger partial charge in [0.05, 0.1) is 17.7 Å². The highest BCUT2D eigenvalue weighted by Gasteiger charge is 2.36. The SMILES string of the molecule is Cc1ccc(OCC2(O)CCC(C(=O)O)CC2)cn1. The normalized spacial score (nSPS) is 26.9. The molecule has 0 bridgehead atoms. The van der Waals surface area contributed by atoms with Gasteiger partial charge in [-0.1, -0.05) is 0 Å². The van der Waals surface area contributed by atoms with E-state index in [0.717, 1.165) is 5.69 Å². The van der Waals surface area contributed by atoms with Crippen LogP contribution in [0.4, 0.5) is 0 Å². The second-order valence-electron chi connectivity index (χ2n) is 5.26. The van der Waals surface area contributed by atoms with Crippen LogP contribution in [0.15, 0.2) is 18.3 Å². The average molecular weight is 265 g/mol. The molecule has 1 aromatic heterocycles. The van der Waals surface area contributed by atoms with Crippen molar-refractivity contribution in [3.63, 3.8) is 0 Å². The van der Waals surface area contributed by atoms with Crippen molar-refractivity contribution in [3.05, 3.63) is 24.0 Å². The molecule has 0 unspecified atom stereocenters. The first-order valence-corrected chi connectivity index (χ1v) is 6.49.